The second-order valence-corrected chi connectivity index (χ2v) is 7.39. The minimum Gasteiger partial charge on any atom is -0.340 e. The van der Waals surface area contributed by atoms with Crippen molar-refractivity contribution in [1.29, 1.82) is 0 Å². The Bertz CT molecular complexity index is 601. The van der Waals surface area contributed by atoms with Gasteiger partial charge in [0.1, 0.15) is 0 Å². The lowest BCUT2D eigenvalue weighted by Crippen LogP contribution is -2.54. The van der Waals surface area contributed by atoms with Crippen molar-refractivity contribution in [1.82, 2.24) is 13.5 Å². The highest BCUT2D eigenvalue weighted by atomic mass is 32.2. The molecule has 0 aliphatic carbocycles. The Morgan fingerprint density at radius 1 is 1.19 bits per heavy atom. The van der Waals surface area contributed by atoms with E-state index >= 15 is 0 Å². The van der Waals surface area contributed by atoms with Gasteiger partial charge >= 0.3 is 0 Å². The molecule has 1 aromatic rings. The molecule has 2 rings (SSSR count). The minimum atomic E-state index is -3.52. The highest BCUT2D eigenvalue weighted by Crippen LogP contribution is 2.28. The highest BCUT2D eigenvalue weighted by molar-refractivity contribution is 7.86. The van der Waals surface area contributed by atoms with Gasteiger partial charge in [-0.05, 0) is 5.56 Å². The summed E-state index contributed by atoms with van der Waals surface area (Å²) < 4.78 is 27.7. The van der Waals surface area contributed by atoms with Crippen LogP contribution in [0.5, 0.6) is 0 Å². The van der Waals surface area contributed by atoms with E-state index < -0.39 is 10.2 Å². The maximum atomic E-state index is 12.5. The second-order valence-electron chi connectivity index (χ2n) is 5.29. The van der Waals surface area contributed by atoms with Crippen molar-refractivity contribution < 1.29 is 13.2 Å². The first-order valence-electron chi connectivity index (χ1n) is 6.84. The fourth-order valence-electron chi connectivity index (χ4n) is 2.48. The van der Waals surface area contributed by atoms with E-state index in [1.807, 2.05) is 30.3 Å². The van der Waals surface area contributed by atoms with Crippen molar-refractivity contribution in [2.24, 2.45) is 0 Å². The molecular weight excluding hydrogens is 290 g/mol. The zero-order valence-electron chi connectivity index (χ0n) is 12.6. The van der Waals surface area contributed by atoms with Crippen molar-refractivity contribution in [3.63, 3.8) is 0 Å². The van der Waals surface area contributed by atoms with Gasteiger partial charge in [-0.15, -0.1) is 0 Å². The van der Waals surface area contributed by atoms with Gasteiger partial charge in [-0.2, -0.15) is 17.0 Å². The molecule has 0 radical (unpaired) electrons. The van der Waals surface area contributed by atoms with E-state index in [0.29, 0.717) is 19.6 Å². The predicted octanol–water partition coefficient (Wildman–Crippen LogP) is 0.698. The molecule has 1 aromatic carbocycles. The van der Waals surface area contributed by atoms with Crippen LogP contribution in [-0.2, 0) is 15.0 Å². The first-order chi connectivity index (χ1) is 9.84. The van der Waals surface area contributed by atoms with Gasteiger partial charge in [0.15, 0.2) is 0 Å². The Morgan fingerprint density at radius 2 is 1.81 bits per heavy atom. The third kappa shape index (κ3) is 3.25. The van der Waals surface area contributed by atoms with Crippen molar-refractivity contribution in [3.8, 4) is 0 Å². The SMILES string of the molecule is CC(=O)N1CCN(S(=O)(=O)N(C)C)[C@@H](c2ccccc2)C1. The number of hydrogen-bond donors (Lipinski definition) is 0. The largest absolute Gasteiger partial charge is 0.340 e. The van der Waals surface area contributed by atoms with Crippen LogP contribution in [0.4, 0.5) is 0 Å². The van der Waals surface area contributed by atoms with Crippen LogP contribution in [0.3, 0.4) is 0 Å². The number of rotatable bonds is 3. The molecule has 0 unspecified atom stereocenters. The van der Waals surface area contributed by atoms with Crippen molar-refractivity contribution >= 4 is 16.1 Å². The molecule has 1 saturated heterocycles. The lowest BCUT2D eigenvalue weighted by Gasteiger charge is -2.41. The molecule has 6 nitrogen and oxygen atoms in total. The van der Waals surface area contributed by atoms with Gasteiger partial charge in [0.2, 0.25) is 5.91 Å². The molecule has 0 aromatic heterocycles. The van der Waals surface area contributed by atoms with Gasteiger partial charge in [-0.25, -0.2) is 0 Å². The van der Waals surface area contributed by atoms with Crippen molar-refractivity contribution in [2.75, 3.05) is 33.7 Å². The maximum absolute atomic E-state index is 12.5. The first kappa shape index (κ1) is 15.9. The quantitative estimate of drug-likeness (QED) is 0.825. The van der Waals surface area contributed by atoms with Gasteiger partial charge < -0.3 is 4.90 Å². The molecule has 0 spiro atoms. The summed E-state index contributed by atoms with van der Waals surface area (Å²) in [6, 6.07) is 9.08. The zero-order chi connectivity index (χ0) is 15.6. The monoisotopic (exact) mass is 311 g/mol. The number of carbonyl (C=O) groups is 1. The maximum Gasteiger partial charge on any atom is 0.282 e. The smallest absolute Gasteiger partial charge is 0.282 e. The summed E-state index contributed by atoms with van der Waals surface area (Å²) in [6.45, 7) is 2.62. The van der Waals surface area contributed by atoms with Crippen molar-refractivity contribution in [3.05, 3.63) is 35.9 Å². The number of amides is 1. The Morgan fingerprint density at radius 3 is 2.33 bits per heavy atom. The third-order valence-electron chi connectivity index (χ3n) is 3.72. The average molecular weight is 311 g/mol. The summed E-state index contributed by atoms with van der Waals surface area (Å²) in [5.41, 5.74) is 0.897. The molecule has 1 aliphatic heterocycles. The molecule has 1 aliphatic rings. The zero-order valence-corrected chi connectivity index (χ0v) is 13.4. The van der Waals surface area contributed by atoms with E-state index in [2.05, 4.69) is 0 Å². The van der Waals surface area contributed by atoms with E-state index in [4.69, 9.17) is 0 Å². The summed E-state index contributed by atoms with van der Waals surface area (Å²) in [7, 11) is -0.473. The average Bonchev–Trinajstić information content (AvgIpc) is 2.47. The van der Waals surface area contributed by atoms with Crippen molar-refractivity contribution in [2.45, 2.75) is 13.0 Å². The van der Waals surface area contributed by atoms with E-state index in [-0.39, 0.29) is 11.9 Å². The van der Waals surface area contributed by atoms with Crippen LogP contribution >= 0.6 is 0 Å². The number of carbonyl (C=O) groups excluding carboxylic acids is 1. The summed E-state index contributed by atoms with van der Waals surface area (Å²) in [6.07, 6.45) is 0. The molecule has 116 valence electrons. The topological polar surface area (TPSA) is 60.9 Å². The lowest BCUT2D eigenvalue weighted by atomic mass is 10.0. The van der Waals surface area contributed by atoms with Crippen LogP contribution in [0.15, 0.2) is 30.3 Å². The molecule has 0 bridgehead atoms. The van der Waals surface area contributed by atoms with Crippen LogP contribution < -0.4 is 0 Å². The number of piperazine rings is 1. The summed E-state index contributed by atoms with van der Waals surface area (Å²) in [4.78, 5) is 13.3. The van der Waals surface area contributed by atoms with Gasteiger partial charge in [0, 0.05) is 40.7 Å². The number of benzene rings is 1. The molecule has 1 fully saturated rings. The normalized spacial score (nSPS) is 20.8. The van der Waals surface area contributed by atoms with Gasteiger partial charge in [0.25, 0.3) is 10.2 Å². The fraction of sp³-hybridized carbons (Fsp3) is 0.500. The Labute approximate surface area is 126 Å². The van der Waals surface area contributed by atoms with Crippen LogP contribution in [0.25, 0.3) is 0 Å². The van der Waals surface area contributed by atoms with Crippen LogP contribution in [0.1, 0.15) is 18.5 Å². The lowest BCUT2D eigenvalue weighted by molar-refractivity contribution is -0.131. The van der Waals surface area contributed by atoms with Crippen LogP contribution in [0.2, 0.25) is 0 Å². The molecule has 21 heavy (non-hydrogen) atoms. The Kier molecular flexibility index (Phi) is 4.65. The fourth-order valence-corrected chi connectivity index (χ4v) is 3.73. The Balaban J connectivity index is 2.38. The number of hydrogen-bond acceptors (Lipinski definition) is 3. The minimum absolute atomic E-state index is 0.0298. The second kappa shape index (κ2) is 6.13. The van der Waals surface area contributed by atoms with E-state index in [9.17, 15) is 13.2 Å². The summed E-state index contributed by atoms with van der Waals surface area (Å²) in [5, 5.41) is 0. The molecule has 0 saturated carbocycles. The molecule has 0 N–H and O–H groups in total. The molecule has 1 atom stereocenters. The van der Waals surface area contributed by atoms with Crippen LogP contribution in [-0.4, -0.2) is 61.6 Å². The standard InChI is InChI=1S/C14H21N3O3S/c1-12(18)16-9-10-17(21(19,20)15(2)3)14(11-16)13-7-5-4-6-8-13/h4-8,14H,9-11H2,1-3H3/t14-/m1/s1. The van der Waals surface area contributed by atoms with E-state index in [1.54, 1.807) is 4.90 Å². The van der Waals surface area contributed by atoms with Gasteiger partial charge in [-0.1, -0.05) is 30.3 Å². The van der Waals surface area contributed by atoms with Gasteiger partial charge in [0.05, 0.1) is 6.04 Å². The summed E-state index contributed by atoms with van der Waals surface area (Å²) >= 11 is 0. The summed E-state index contributed by atoms with van der Waals surface area (Å²) in [5.74, 6) is -0.0298. The number of nitrogens with zero attached hydrogens (tertiary/aromatic N) is 3. The molecule has 7 heteroatoms. The Hall–Kier alpha value is -1.44. The predicted molar refractivity (Wildman–Crippen MR) is 80.7 cm³/mol. The van der Waals surface area contributed by atoms with Crippen LogP contribution in [0, 0.1) is 0 Å². The third-order valence-corrected chi connectivity index (χ3v) is 5.67. The molecular formula is C14H21N3O3S. The van der Waals surface area contributed by atoms with E-state index in [1.165, 1.54) is 29.6 Å². The van der Waals surface area contributed by atoms with Gasteiger partial charge in [-0.3, -0.25) is 4.79 Å². The highest BCUT2D eigenvalue weighted by Gasteiger charge is 2.37. The molecule has 1 heterocycles. The van der Waals surface area contributed by atoms with E-state index in [0.717, 1.165) is 5.56 Å². The molecule has 1 amide bonds. The first-order valence-corrected chi connectivity index (χ1v) is 8.23.